The molecule has 0 unspecified atom stereocenters. The number of anilines is 1. The Hall–Kier alpha value is -2.76. The van der Waals surface area contributed by atoms with E-state index in [0.717, 1.165) is 42.4 Å². The van der Waals surface area contributed by atoms with Crippen LogP contribution in [0, 0.1) is 18.6 Å². The molecule has 2 aromatic carbocycles. The summed E-state index contributed by atoms with van der Waals surface area (Å²) in [5.74, 6) is -0.941. The molecule has 8 nitrogen and oxygen atoms in total. The number of nitrogens with zero attached hydrogens (tertiary/aromatic N) is 3. The van der Waals surface area contributed by atoms with E-state index in [2.05, 4.69) is 20.9 Å². The molecule has 0 bridgehead atoms. The van der Waals surface area contributed by atoms with Crippen LogP contribution in [0.3, 0.4) is 0 Å². The molecule has 3 aromatic rings. The molecular formula is C28H36Cl2F2N6O2. The molecule has 1 aromatic heterocycles. The van der Waals surface area contributed by atoms with E-state index in [-0.39, 0.29) is 42.8 Å². The van der Waals surface area contributed by atoms with Crippen LogP contribution in [0.5, 0.6) is 0 Å². The van der Waals surface area contributed by atoms with Crippen LogP contribution in [0.25, 0.3) is 5.69 Å². The highest BCUT2D eigenvalue weighted by atomic mass is 35.5. The summed E-state index contributed by atoms with van der Waals surface area (Å²) in [6.45, 7) is 5.18. The molecule has 2 aliphatic rings. The van der Waals surface area contributed by atoms with Gasteiger partial charge in [0.2, 0.25) is 0 Å². The number of rotatable bonds is 8. The Morgan fingerprint density at radius 2 is 1.85 bits per heavy atom. The average Bonchev–Trinajstić information content (AvgIpc) is 3.63. The molecule has 12 heteroatoms. The molecule has 218 valence electrons. The van der Waals surface area contributed by atoms with Crippen LogP contribution < -0.4 is 16.0 Å². The standard InChI is InChI=1S/C28H34F2N6O2.2ClH/c1-18-26(24-9-6-10-31-24)34-36(22-7-4-3-5-8-22)27(18)33-28(37)32-25-17-35(11-12-38-2)16-23(25)19-13-20(29)15-21(30)14-19;;/h3-5,7-8,13-15,23-25,31H,6,9-12,16-17H2,1-2H3,(H2,32,33,37);2*1H/t23-,24-,25+;;/m0../s1. The predicted octanol–water partition coefficient (Wildman–Crippen LogP) is 4.96. The molecule has 0 saturated carbocycles. The summed E-state index contributed by atoms with van der Waals surface area (Å²) in [4.78, 5) is 15.5. The highest BCUT2D eigenvalue weighted by Crippen LogP contribution is 2.32. The summed E-state index contributed by atoms with van der Waals surface area (Å²) in [6.07, 6.45) is 2.07. The monoisotopic (exact) mass is 596 g/mol. The third-order valence-corrected chi connectivity index (χ3v) is 7.42. The van der Waals surface area contributed by atoms with E-state index in [4.69, 9.17) is 9.84 Å². The van der Waals surface area contributed by atoms with Gasteiger partial charge in [0.15, 0.2) is 0 Å². The lowest BCUT2D eigenvalue weighted by molar-refractivity contribution is 0.159. The van der Waals surface area contributed by atoms with Gasteiger partial charge in [-0.1, -0.05) is 18.2 Å². The lowest BCUT2D eigenvalue weighted by Crippen LogP contribution is -2.42. The van der Waals surface area contributed by atoms with Crippen molar-refractivity contribution in [2.45, 2.75) is 37.8 Å². The van der Waals surface area contributed by atoms with Crippen LogP contribution >= 0.6 is 24.8 Å². The van der Waals surface area contributed by atoms with Gasteiger partial charge in [-0.05, 0) is 56.1 Å². The fraction of sp³-hybridized carbons (Fsp3) is 0.429. The number of likely N-dealkylation sites (tertiary alicyclic amines) is 1. The van der Waals surface area contributed by atoms with Crippen LogP contribution in [-0.2, 0) is 4.74 Å². The molecular weight excluding hydrogens is 561 g/mol. The second kappa shape index (κ2) is 14.2. The van der Waals surface area contributed by atoms with Crippen LogP contribution in [0.1, 0.15) is 41.6 Å². The fourth-order valence-electron chi connectivity index (χ4n) is 5.54. The number of carbonyl (C=O) groups is 1. The Morgan fingerprint density at radius 3 is 2.50 bits per heavy atom. The van der Waals surface area contributed by atoms with Crippen LogP contribution in [0.2, 0.25) is 0 Å². The molecule has 2 fully saturated rings. The first kappa shape index (κ1) is 31.8. The van der Waals surface area contributed by atoms with E-state index in [1.165, 1.54) is 12.1 Å². The van der Waals surface area contributed by atoms with E-state index in [0.29, 0.717) is 37.6 Å². The summed E-state index contributed by atoms with van der Waals surface area (Å²) in [5.41, 5.74) is 3.18. The number of hydrogen-bond acceptors (Lipinski definition) is 5. The first-order valence-corrected chi connectivity index (χ1v) is 13.1. The Morgan fingerprint density at radius 1 is 1.12 bits per heavy atom. The topological polar surface area (TPSA) is 83.4 Å². The quantitative estimate of drug-likeness (QED) is 0.342. The number of halogens is 4. The molecule has 2 aliphatic heterocycles. The summed E-state index contributed by atoms with van der Waals surface area (Å²) >= 11 is 0. The second-order valence-corrected chi connectivity index (χ2v) is 10.0. The summed E-state index contributed by atoms with van der Waals surface area (Å²) in [6, 6.07) is 12.6. The smallest absolute Gasteiger partial charge is 0.320 e. The number of nitrogens with one attached hydrogen (secondary N) is 3. The van der Waals surface area contributed by atoms with Gasteiger partial charge in [-0.2, -0.15) is 5.10 Å². The van der Waals surface area contributed by atoms with Crippen molar-refractivity contribution < 1.29 is 18.3 Å². The van der Waals surface area contributed by atoms with E-state index in [1.54, 1.807) is 11.8 Å². The van der Waals surface area contributed by atoms with Crippen molar-refractivity contribution >= 4 is 36.7 Å². The molecule has 0 aliphatic carbocycles. The number of benzene rings is 2. The zero-order valence-corrected chi connectivity index (χ0v) is 24.2. The summed E-state index contributed by atoms with van der Waals surface area (Å²) in [5, 5.41) is 14.5. The van der Waals surface area contributed by atoms with Gasteiger partial charge in [0, 0.05) is 44.3 Å². The zero-order valence-electron chi connectivity index (χ0n) is 22.5. The highest BCUT2D eigenvalue weighted by Gasteiger charge is 2.35. The Balaban J connectivity index is 0.00000220. The lowest BCUT2D eigenvalue weighted by Gasteiger charge is -2.21. The van der Waals surface area contributed by atoms with Crippen molar-refractivity contribution in [3.63, 3.8) is 0 Å². The van der Waals surface area contributed by atoms with Gasteiger partial charge in [-0.25, -0.2) is 18.3 Å². The van der Waals surface area contributed by atoms with Gasteiger partial charge >= 0.3 is 6.03 Å². The van der Waals surface area contributed by atoms with Gasteiger partial charge in [0.25, 0.3) is 0 Å². The molecule has 0 spiro atoms. The first-order valence-electron chi connectivity index (χ1n) is 13.1. The van der Waals surface area contributed by atoms with E-state index < -0.39 is 17.7 Å². The number of methoxy groups -OCH3 is 1. The van der Waals surface area contributed by atoms with Gasteiger partial charge in [0.1, 0.15) is 17.5 Å². The number of para-hydroxylation sites is 1. The Bertz CT molecular complexity index is 1250. The van der Waals surface area contributed by atoms with E-state index in [1.807, 2.05) is 37.3 Å². The van der Waals surface area contributed by atoms with Crippen molar-refractivity contribution in [3.05, 3.63) is 77.0 Å². The molecule has 3 N–H and O–H groups in total. The molecule has 3 heterocycles. The number of hydrogen-bond donors (Lipinski definition) is 3. The number of urea groups is 1. The predicted molar refractivity (Wildman–Crippen MR) is 156 cm³/mol. The Labute approximate surface area is 245 Å². The maximum Gasteiger partial charge on any atom is 0.320 e. The molecule has 2 saturated heterocycles. The van der Waals surface area contributed by atoms with Gasteiger partial charge in [0.05, 0.1) is 30.1 Å². The lowest BCUT2D eigenvalue weighted by atomic mass is 9.94. The van der Waals surface area contributed by atoms with Crippen molar-refractivity contribution in [2.75, 3.05) is 45.2 Å². The third-order valence-electron chi connectivity index (χ3n) is 7.42. The molecule has 0 radical (unpaired) electrons. The number of ether oxygens (including phenoxy) is 1. The highest BCUT2D eigenvalue weighted by molar-refractivity contribution is 5.90. The minimum Gasteiger partial charge on any atom is -0.383 e. The number of amides is 2. The molecule has 40 heavy (non-hydrogen) atoms. The van der Waals surface area contributed by atoms with E-state index in [9.17, 15) is 13.6 Å². The van der Waals surface area contributed by atoms with E-state index >= 15 is 0 Å². The van der Waals surface area contributed by atoms with Crippen LogP contribution in [0.15, 0.2) is 48.5 Å². The minimum atomic E-state index is -0.631. The number of aromatic nitrogens is 2. The SMILES string of the molecule is COCCN1C[C@@H](NC(=O)Nc2c(C)c([C@@H]3CCCN3)nn2-c2ccccc2)[C@H](c2cc(F)cc(F)c2)C1.Cl.Cl. The fourth-order valence-corrected chi connectivity index (χ4v) is 5.54. The van der Waals surface area contributed by atoms with Crippen LogP contribution in [0.4, 0.5) is 19.4 Å². The van der Waals surface area contributed by atoms with Crippen molar-refractivity contribution in [2.24, 2.45) is 0 Å². The average molecular weight is 598 g/mol. The normalized spacial score (nSPS) is 20.6. The first-order chi connectivity index (χ1) is 18.4. The molecule has 3 atom stereocenters. The summed E-state index contributed by atoms with van der Waals surface area (Å²) < 4.78 is 35.1. The number of carbonyl (C=O) groups excluding carboxylic acids is 1. The largest absolute Gasteiger partial charge is 0.383 e. The zero-order chi connectivity index (χ0) is 26.6. The minimum absolute atomic E-state index is 0. The maximum absolute atomic E-state index is 14.1. The summed E-state index contributed by atoms with van der Waals surface area (Å²) in [7, 11) is 1.63. The Kier molecular flexibility index (Phi) is 11.3. The second-order valence-electron chi connectivity index (χ2n) is 10.0. The van der Waals surface area contributed by atoms with Gasteiger partial charge in [-0.3, -0.25) is 10.2 Å². The maximum atomic E-state index is 14.1. The van der Waals surface area contributed by atoms with Crippen molar-refractivity contribution in [3.8, 4) is 5.69 Å². The van der Waals surface area contributed by atoms with Gasteiger partial charge < -0.3 is 15.4 Å². The van der Waals surface area contributed by atoms with Crippen LogP contribution in [-0.4, -0.2) is 66.6 Å². The third kappa shape index (κ3) is 7.11. The molecule has 5 rings (SSSR count). The van der Waals surface area contributed by atoms with Crippen molar-refractivity contribution in [1.29, 1.82) is 0 Å². The molecule has 2 amide bonds. The van der Waals surface area contributed by atoms with Crippen molar-refractivity contribution in [1.82, 2.24) is 25.3 Å². The van der Waals surface area contributed by atoms with Gasteiger partial charge in [-0.15, -0.1) is 24.8 Å².